The van der Waals surface area contributed by atoms with Crippen molar-refractivity contribution < 1.29 is 9.53 Å². The monoisotopic (exact) mass is 247 g/mol. The molecule has 18 heavy (non-hydrogen) atoms. The van der Waals surface area contributed by atoms with Crippen LogP contribution in [0.3, 0.4) is 0 Å². The minimum atomic E-state index is 0.338. The van der Waals surface area contributed by atoms with Crippen LogP contribution < -0.4 is 0 Å². The molecule has 3 rings (SSSR count). The molecule has 0 saturated carbocycles. The number of aromatic nitrogens is 1. The zero-order valence-corrected chi connectivity index (χ0v) is 11.1. The highest BCUT2D eigenvalue weighted by atomic mass is 16.5. The van der Waals surface area contributed by atoms with Crippen molar-refractivity contribution in [3.63, 3.8) is 0 Å². The van der Waals surface area contributed by atoms with Crippen molar-refractivity contribution in [3.05, 3.63) is 23.0 Å². The summed E-state index contributed by atoms with van der Waals surface area (Å²) < 4.78 is 7.81. The van der Waals surface area contributed by atoms with Gasteiger partial charge in [0.1, 0.15) is 0 Å². The molecule has 0 bridgehead atoms. The van der Waals surface area contributed by atoms with Crippen LogP contribution in [0.1, 0.15) is 47.4 Å². The second-order valence-electron chi connectivity index (χ2n) is 5.59. The molecule has 3 heteroatoms. The molecule has 1 aromatic heterocycles. The summed E-state index contributed by atoms with van der Waals surface area (Å²) in [5.74, 6) is 1.05. The van der Waals surface area contributed by atoms with Crippen molar-refractivity contribution in [1.29, 1.82) is 0 Å². The summed E-state index contributed by atoms with van der Waals surface area (Å²) in [5.41, 5.74) is 3.53. The molecule has 0 atom stereocenters. The summed E-state index contributed by atoms with van der Waals surface area (Å²) in [7, 11) is 0. The first-order valence-corrected chi connectivity index (χ1v) is 7.05. The number of carbonyl (C=O) groups is 1. The smallest absolute Gasteiger partial charge is 0.164 e. The van der Waals surface area contributed by atoms with Crippen LogP contribution in [0.15, 0.2) is 6.07 Å². The molecule has 0 unspecified atom stereocenters. The lowest BCUT2D eigenvalue weighted by molar-refractivity contribution is 0.0608. The predicted molar refractivity (Wildman–Crippen MR) is 70.0 cm³/mol. The average Bonchev–Trinajstić information content (AvgIpc) is 2.70. The van der Waals surface area contributed by atoms with Gasteiger partial charge in [-0.05, 0) is 44.6 Å². The number of hydrogen-bond donors (Lipinski definition) is 0. The van der Waals surface area contributed by atoms with Gasteiger partial charge >= 0.3 is 0 Å². The van der Waals surface area contributed by atoms with Crippen LogP contribution in [0.25, 0.3) is 0 Å². The third-order valence-corrected chi connectivity index (χ3v) is 4.32. The minimum absolute atomic E-state index is 0.338. The van der Waals surface area contributed by atoms with E-state index in [0.29, 0.717) is 11.7 Å². The maximum absolute atomic E-state index is 11.9. The number of ether oxygens (including phenoxy) is 1. The predicted octanol–water partition coefficient (Wildman–Crippen LogP) is 2.74. The van der Waals surface area contributed by atoms with Crippen molar-refractivity contribution in [3.8, 4) is 0 Å². The third kappa shape index (κ3) is 2.12. The zero-order chi connectivity index (χ0) is 12.5. The Kier molecular flexibility index (Phi) is 3.25. The largest absolute Gasteiger partial charge is 0.381 e. The minimum Gasteiger partial charge on any atom is -0.381 e. The van der Waals surface area contributed by atoms with Crippen LogP contribution in [0.5, 0.6) is 0 Å². The van der Waals surface area contributed by atoms with Crippen molar-refractivity contribution in [2.24, 2.45) is 5.92 Å². The van der Waals surface area contributed by atoms with Crippen molar-refractivity contribution in [2.45, 2.75) is 45.6 Å². The van der Waals surface area contributed by atoms with Gasteiger partial charge in [-0.25, -0.2) is 0 Å². The van der Waals surface area contributed by atoms with Crippen LogP contribution >= 0.6 is 0 Å². The number of Topliss-reactive ketones (excluding diaryl/α,β-unsaturated/α-hetero) is 1. The van der Waals surface area contributed by atoms with E-state index in [9.17, 15) is 4.79 Å². The molecule has 1 aromatic rings. The summed E-state index contributed by atoms with van der Waals surface area (Å²) in [6.07, 6.45) is 5.12. The van der Waals surface area contributed by atoms with Crippen molar-refractivity contribution >= 4 is 5.78 Å². The zero-order valence-electron chi connectivity index (χ0n) is 11.1. The van der Waals surface area contributed by atoms with E-state index in [0.717, 1.165) is 57.4 Å². The second kappa shape index (κ2) is 4.88. The molecule has 0 amide bonds. The van der Waals surface area contributed by atoms with Gasteiger partial charge in [0.25, 0.3) is 0 Å². The maximum Gasteiger partial charge on any atom is 0.164 e. The van der Waals surface area contributed by atoms with Gasteiger partial charge in [0, 0.05) is 43.1 Å². The molecule has 3 nitrogen and oxygen atoms in total. The number of nitrogens with zero attached hydrogens (tertiary/aromatic N) is 1. The van der Waals surface area contributed by atoms with E-state index in [-0.39, 0.29) is 0 Å². The van der Waals surface area contributed by atoms with E-state index in [1.165, 1.54) is 11.4 Å². The Labute approximate surface area is 108 Å². The second-order valence-corrected chi connectivity index (χ2v) is 5.59. The van der Waals surface area contributed by atoms with E-state index in [2.05, 4.69) is 17.6 Å². The molecule has 1 fully saturated rings. The van der Waals surface area contributed by atoms with Crippen LogP contribution in [0, 0.1) is 12.8 Å². The number of hydrogen-bond acceptors (Lipinski definition) is 2. The average molecular weight is 247 g/mol. The number of rotatable bonds is 2. The highest BCUT2D eigenvalue weighted by Gasteiger charge is 2.24. The lowest BCUT2D eigenvalue weighted by atomic mass is 9.96. The van der Waals surface area contributed by atoms with E-state index in [1.54, 1.807) is 0 Å². The summed E-state index contributed by atoms with van der Waals surface area (Å²) in [4.78, 5) is 11.9. The molecule has 0 aromatic carbocycles. The molecule has 98 valence electrons. The molecule has 0 radical (unpaired) electrons. The van der Waals surface area contributed by atoms with Gasteiger partial charge in [-0.1, -0.05) is 0 Å². The summed E-state index contributed by atoms with van der Waals surface area (Å²) in [5, 5.41) is 0. The van der Waals surface area contributed by atoms with Crippen molar-refractivity contribution in [1.82, 2.24) is 4.57 Å². The lowest BCUT2D eigenvalue weighted by Crippen LogP contribution is -2.23. The van der Waals surface area contributed by atoms with Crippen LogP contribution in [-0.2, 0) is 17.7 Å². The molecule has 0 spiro atoms. The Balaban J connectivity index is 1.85. The van der Waals surface area contributed by atoms with E-state index >= 15 is 0 Å². The summed E-state index contributed by atoms with van der Waals surface area (Å²) >= 11 is 0. The van der Waals surface area contributed by atoms with Gasteiger partial charge in [0.2, 0.25) is 0 Å². The van der Waals surface area contributed by atoms with Gasteiger partial charge in [0.15, 0.2) is 5.78 Å². The topological polar surface area (TPSA) is 31.2 Å². The molecular weight excluding hydrogens is 226 g/mol. The van der Waals surface area contributed by atoms with E-state index < -0.39 is 0 Å². The normalized spacial score (nSPS) is 21.1. The summed E-state index contributed by atoms with van der Waals surface area (Å²) in [6, 6.07) is 2.09. The molecule has 2 aliphatic rings. The first-order valence-electron chi connectivity index (χ1n) is 7.05. The van der Waals surface area contributed by atoms with Gasteiger partial charge < -0.3 is 9.30 Å². The first kappa shape index (κ1) is 12.0. The fourth-order valence-electron chi connectivity index (χ4n) is 3.23. The maximum atomic E-state index is 11.9. The molecule has 2 heterocycles. The lowest BCUT2D eigenvalue weighted by Gasteiger charge is -2.25. The van der Waals surface area contributed by atoms with Gasteiger partial charge in [-0.2, -0.15) is 0 Å². The fraction of sp³-hybridized carbons (Fsp3) is 0.667. The van der Waals surface area contributed by atoms with E-state index in [4.69, 9.17) is 4.74 Å². The summed E-state index contributed by atoms with van der Waals surface area (Å²) in [6.45, 7) is 4.99. The Morgan fingerprint density at radius 1 is 1.33 bits per heavy atom. The number of aryl methyl sites for hydroxylation is 1. The number of carbonyl (C=O) groups excluding carboxylic acids is 1. The Morgan fingerprint density at radius 2 is 2.11 bits per heavy atom. The molecule has 1 aliphatic carbocycles. The van der Waals surface area contributed by atoms with Crippen LogP contribution in [0.2, 0.25) is 0 Å². The molecule has 1 aliphatic heterocycles. The third-order valence-electron chi connectivity index (χ3n) is 4.32. The first-order chi connectivity index (χ1) is 8.75. The standard InChI is InChI=1S/C15H21NO2/c1-11-9-13-14(3-2-4-15(13)17)16(11)10-12-5-7-18-8-6-12/h9,12H,2-8,10H2,1H3. The SMILES string of the molecule is Cc1cc2c(n1CC1CCOCC1)CCCC2=O. The Morgan fingerprint density at radius 3 is 2.89 bits per heavy atom. The Hall–Kier alpha value is -1.09. The van der Waals surface area contributed by atoms with Gasteiger partial charge in [-0.15, -0.1) is 0 Å². The van der Waals surface area contributed by atoms with Crippen LogP contribution in [-0.4, -0.2) is 23.6 Å². The highest BCUT2D eigenvalue weighted by Crippen LogP contribution is 2.27. The highest BCUT2D eigenvalue weighted by molar-refractivity contribution is 5.98. The van der Waals surface area contributed by atoms with Gasteiger partial charge in [0.05, 0.1) is 0 Å². The Bertz CT molecular complexity index is 455. The molecule has 0 N–H and O–H groups in total. The fourth-order valence-corrected chi connectivity index (χ4v) is 3.23. The van der Waals surface area contributed by atoms with Crippen molar-refractivity contribution in [2.75, 3.05) is 13.2 Å². The van der Waals surface area contributed by atoms with Gasteiger partial charge in [-0.3, -0.25) is 4.79 Å². The van der Waals surface area contributed by atoms with Crippen LogP contribution in [0.4, 0.5) is 0 Å². The van der Waals surface area contributed by atoms with E-state index in [1.807, 2.05) is 0 Å². The number of ketones is 1. The molecular formula is C15H21NO2. The molecule has 1 saturated heterocycles. The quantitative estimate of drug-likeness (QED) is 0.804. The number of fused-ring (bicyclic) bond motifs is 1.